The fourth-order valence-electron chi connectivity index (χ4n) is 1.42. The quantitative estimate of drug-likeness (QED) is 0.442. The highest BCUT2D eigenvalue weighted by Gasteiger charge is 2.27. The van der Waals surface area contributed by atoms with Crippen LogP contribution in [0.15, 0.2) is 30.3 Å². The van der Waals surface area contributed by atoms with Crippen molar-refractivity contribution in [2.24, 2.45) is 5.92 Å². The van der Waals surface area contributed by atoms with E-state index in [1.165, 1.54) is 18.2 Å². The number of non-ortho nitro benzene ring substituents is 1. The van der Waals surface area contributed by atoms with Crippen molar-refractivity contribution >= 4 is 17.5 Å². The summed E-state index contributed by atoms with van der Waals surface area (Å²) in [7, 11) is 0. The maximum atomic E-state index is 11.4. The maximum absolute atomic E-state index is 11.4. The molecule has 0 atom stereocenters. The van der Waals surface area contributed by atoms with Crippen molar-refractivity contribution < 1.29 is 9.72 Å². The monoisotopic (exact) mass is 217 g/mol. The summed E-state index contributed by atoms with van der Waals surface area (Å²) in [6.45, 7) is 0. The first kappa shape index (κ1) is 10.5. The van der Waals surface area contributed by atoms with E-state index >= 15 is 0 Å². The van der Waals surface area contributed by atoms with Gasteiger partial charge >= 0.3 is 0 Å². The van der Waals surface area contributed by atoms with E-state index < -0.39 is 4.92 Å². The first-order chi connectivity index (χ1) is 7.66. The Balaban J connectivity index is 2.11. The van der Waals surface area contributed by atoms with Crippen LogP contribution in [-0.2, 0) is 4.79 Å². The van der Waals surface area contributed by atoms with Gasteiger partial charge in [-0.3, -0.25) is 14.9 Å². The third-order valence-corrected chi connectivity index (χ3v) is 2.50. The molecule has 0 bridgehead atoms. The highest BCUT2D eigenvalue weighted by atomic mass is 16.6. The Hall–Kier alpha value is -1.97. The number of nitro groups is 1. The van der Waals surface area contributed by atoms with Gasteiger partial charge in [-0.1, -0.05) is 18.2 Å². The van der Waals surface area contributed by atoms with E-state index in [4.69, 9.17) is 0 Å². The molecule has 82 valence electrons. The number of carbonyl (C=O) groups is 1. The molecule has 1 aromatic rings. The van der Waals surface area contributed by atoms with E-state index in [1.54, 1.807) is 18.2 Å². The number of rotatable bonds is 4. The minimum atomic E-state index is -0.444. The second-order valence-corrected chi connectivity index (χ2v) is 3.86. The minimum absolute atomic E-state index is 0.0426. The van der Waals surface area contributed by atoms with Crippen LogP contribution in [0.2, 0.25) is 0 Å². The second-order valence-electron chi connectivity index (χ2n) is 3.86. The molecule has 1 fully saturated rings. The molecule has 0 unspecified atom stereocenters. The van der Waals surface area contributed by atoms with Crippen molar-refractivity contribution in [2.45, 2.75) is 12.8 Å². The molecule has 4 heteroatoms. The molecule has 2 rings (SSSR count). The van der Waals surface area contributed by atoms with Crippen LogP contribution in [0.1, 0.15) is 18.4 Å². The molecule has 0 radical (unpaired) electrons. The standard InChI is InChI=1S/C12H11NO3/c14-12(10-5-6-10)7-4-9-2-1-3-11(8-9)13(15)16/h1-4,7-8,10H,5-6H2/b7-4-. The van der Waals surface area contributed by atoms with Gasteiger partial charge in [-0.25, -0.2) is 0 Å². The van der Waals surface area contributed by atoms with E-state index in [9.17, 15) is 14.9 Å². The van der Waals surface area contributed by atoms with Crippen LogP contribution >= 0.6 is 0 Å². The summed E-state index contributed by atoms with van der Waals surface area (Å²) in [4.78, 5) is 21.5. The fourth-order valence-corrected chi connectivity index (χ4v) is 1.42. The molecule has 1 aliphatic rings. The number of hydrogen-bond acceptors (Lipinski definition) is 3. The number of hydrogen-bond donors (Lipinski definition) is 0. The third-order valence-electron chi connectivity index (χ3n) is 2.50. The van der Waals surface area contributed by atoms with Crippen molar-refractivity contribution in [3.8, 4) is 0 Å². The normalized spacial score (nSPS) is 15.2. The third kappa shape index (κ3) is 2.53. The lowest BCUT2D eigenvalue weighted by atomic mass is 10.1. The Bertz CT molecular complexity index is 461. The molecule has 0 amide bonds. The van der Waals surface area contributed by atoms with Crippen molar-refractivity contribution in [1.29, 1.82) is 0 Å². The molecule has 1 aromatic carbocycles. The topological polar surface area (TPSA) is 60.2 Å². The number of allylic oxidation sites excluding steroid dienone is 1. The summed E-state index contributed by atoms with van der Waals surface area (Å²) in [5.74, 6) is 0.307. The zero-order chi connectivity index (χ0) is 11.5. The summed E-state index contributed by atoms with van der Waals surface area (Å²) < 4.78 is 0. The Morgan fingerprint density at radius 2 is 2.19 bits per heavy atom. The van der Waals surface area contributed by atoms with Crippen LogP contribution in [0.4, 0.5) is 5.69 Å². The van der Waals surface area contributed by atoms with Gasteiger partial charge in [0, 0.05) is 18.1 Å². The van der Waals surface area contributed by atoms with Crippen molar-refractivity contribution in [2.75, 3.05) is 0 Å². The summed E-state index contributed by atoms with van der Waals surface area (Å²) in [6.07, 6.45) is 5.08. The van der Waals surface area contributed by atoms with Crippen LogP contribution in [0, 0.1) is 16.0 Å². The molecule has 0 spiro atoms. The van der Waals surface area contributed by atoms with Crippen LogP contribution < -0.4 is 0 Å². The highest BCUT2D eigenvalue weighted by Crippen LogP contribution is 2.30. The van der Waals surface area contributed by atoms with Gasteiger partial charge in [0.1, 0.15) is 0 Å². The highest BCUT2D eigenvalue weighted by molar-refractivity contribution is 5.96. The number of nitrogens with zero attached hydrogens (tertiary/aromatic N) is 1. The van der Waals surface area contributed by atoms with Gasteiger partial charge in [0.25, 0.3) is 5.69 Å². The lowest BCUT2D eigenvalue weighted by Crippen LogP contribution is -1.93. The molecule has 4 nitrogen and oxygen atoms in total. The van der Waals surface area contributed by atoms with Gasteiger partial charge in [0.15, 0.2) is 5.78 Å². The van der Waals surface area contributed by atoms with E-state index in [0.29, 0.717) is 5.56 Å². The number of ketones is 1. The van der Waals surface area contributed by atoms with Gasteiger partial charge in [0.05, 0.1) is 4.92 Å². The van der Waals surface area contributed by atoms with Crippen LogP contribution in [0.5, 0.6) is 0 Å². The minimum Gasteiger partial charge on any atom is -0.295 e. The van der Waals surface area contributed by atoms with E-state index in [-0.39, 0.29) is 17.4 Å². The maximum Gasteiger partial charge on any atom is 0.270 e. The molecule has 0 aromatic heterocycles. The van der Waals surface area contributed by atoms with Crippen LogP contribution in [0.25, 0.3) is 6.08 Å². The lowest BCUT2D eigenvalue weighted by molar-refractivity contribution is -0.384. The average Bonchev–Trinajstić information content (AvgIpc) is 3.10. The van der Waals surface area contributed by atoms with Crippen LogP contribution in [-0.4, -0.2) is 10.7 Å². The second kappa shape index (κ2) is 4.26. The zero-order valence-electron chi connectivity index (χ0n) is 8.63. The van der Waals surface area contributed by atoms with Gasteiger partial charge in [-0.2, -0.15) is 0 Å². The number of nitro benzene ring substituents is 1. The van der Waals surface area contributed by atoms with Crippen molar-refractivity contribution in [3.63, 3.8) is 0 Å². The van der Waals surface area contributed by atoms with Gasteiger partial charge in [0.2, 0.25) is 0 Å². The summed E-state index contributed by atoms with van der Waals surface area (Å²) in [6, 6.07) is 6.24. The van der Waals surface area contributed by atoms with E-state index in [0.717, 1.165) is 12.8 Å². The Kier molecular flexibility index (Phi) is 2.81. The SMILES string of the molecule is O=C(/C=C\c1cccc([N+](=O)[O-])c1)C1CC1. The van der Waals surface area contributed by atoms with E-state index in [2.05, 4.69) is 0 Å². The molecule has 0 aliphatic heterocycles. The predicted octanol–water partition coefficient (Wildman–Crippen LogP) is 2.59. The fraction of sp³-hybridized carbons (Fsp3) is 0.250. The summed E-state index contributed by atoms with van der Waals surface area (Å²) in [5, 5.41) is 10.5. The molecular weight excluding hydrogens is 206 g/mol. The Labute approximate surface area is 92.7 Å². The van der Waals surface area contributed by atoms with E-state index in [1.807, 2.05) is 0 Å². The number of benzene rings is 1. The molecule has 0 saturated heterocycles. The molecule has 0 heterocycles. The largest absolute Gasteiger partial charge is 0.295 e. The molecule has 16 heavy (non-hydrogen) atoms. The molecular formula is C12H11NO3. The summed E-state index contributed by atoms with van der Waals surface area (Å²) >= 11 is 0. The van der Waals surface area contributed by atoms with Gasteiger partial charge < -0.3 is 0 Å². The first-order valence-electron chi connectivity index (χ1n) is 5.13. The zero-order valence-corrected chi connectivity index (χ0v) is 8.63. The summed E-state index contributed by atoms with van der Waals surface area (Å²) in [5.41, 5.74) is 0.726. The number of carbonyl (C=O) groups excluding carboxylic acids is 1. The lowest BCUT2D eigenvalue weighted by Gasteiger charge is -1.94. The molecule has 0 N–H and O–H groups in total. The molecule has 1 aliphatic carbocycles. The Morgan fingerprint density at radius 3 is 2.81 bits per heavy atom. The average molecular weight is 217 g/mol. The predicted molar refractivity (Wildman–Crippen MR) is 59.9 cm³/mol. The van der Waals surface area contributed by atoms with Crippen molar-refractivity contribution in [1.82, 2.24) is 0 Å². The smallest absolute Gasteiger partial charge is 0.270 e. The van der Waals surface area contributed by atoms with Gasteiger partial charge in [-0.05, 0) is 24.5 Å². The first-order valence-corrected chi connectivity index (χ1v) is 5.13. The molecule has 1 saturated carbocycles. The Morgan fingerprint density at radius 1 is 1.44 bits per heavy atom. The van der Waals surface area contributed by atoms with Crippen molar-refractivity contribution in [3.05, 3.63) is 46.0 Å². The van der Waals surface area contributed by atoms with Gasteiger partial charge in [-0.15, -0.1) is 0 Å². The van der Waals surface area contributed by atoms with Crippen LogP contribution in [0.3, 0.4) is 0 Å².